The van der Waals surface area contributed by atoms with E-state index in [0.29, 0.717) is 0 Å². The fourth-order valence-corrected chi connectivity index (χ4v) is 12.1. The molecule has 0 amide bonds. The van der Waals surface area contributed by atoms with Gasteiger partial charge in [-0.3, -0.25) is 0 Å². The van der Waals surface area contributed by atoms with Gasteiger partial charge in [0, 0.05) is 0 Å². The molecule has 146 valence electrons. The third-order valence-electron chi connectivity index (χ3n) is 5.06. The first-order valence-electron chi connectivity index (χ1n) is 10.7. The van der Waals surface area contributed by atoms with E-state index in [1.54, 1.807) is 14.3 Å². The van der Waals surface area contributed by atoms with Crippen LogP contribution in [-0.2, 0) is 4.37 Å². The van der Waals surface area contributed by atoms with Crippen LogP contribution >= 0.6 is 0 Å². The monoisotopic (exact) mass is 456 g/mol. The minimum atomic E-state index is -1.16. The van der Waals surface area contributed by atoms with Gasteiger partial charge in [-0.15, -0.1) is 0 Å². The summed E-state index contributed by atoms with van der Waals surface area (Å²) in [6.07, 6.45) is 17.6. The minimum absolute atomic E-state index is 0. The van der Waals surface area contributed by atoms with E-state index in [0.717, 1.165) is 0 Å². The van der Waals surface area contributed by atoms with Crippen molar-refractivity contribution in [3.8, 4) is 0 Å². The molecule has 2 heteroatoms. The van der Waals surface area contributed by atoms with E-state index in [1.165, 1.54) is 81.4 Å². The molecule has 0 saturated heterocycles. The van der Waals surface area contributed by atoms with Gasteiger partial charge in [-0.2, -0.15) is 0 Å². The molecule has 0 bridgehead atoms. The van der Waals surface area contributed by atoms with Gasteiger partial charge in [0.1, 0.15) is 0 Å². The van der Waals surface area contributed by atoms with E-state index in [1.807, 2.05) is 0 Å². The van der Waals surface area contributed by atoms with Gasteiger partial charge in [0.05, 0.1) is 0 Å². The molecule has 1 rings (SSSR count). The maximum Gasteiger partial charge on any atom is -0.870 e. The second-order valence-electron chi connectivity index (χ2n) is 7.45. The molecule has 1 aromatic rings. The van der Waals surface area contributed by atoms with Gasteiger partial charge in [-0.05, 0) is 0 Å². The molecule has 1 N–H and O–H groups in total. The van der Waals surface area contributed by atoms with Crippen LogP contribution in [0.3, 0.4) is 0 Å². The second-order valence-corrected chi connectivity index (χ2v) is 15.6. The van der Waals surface area contributed by atoms with Crippen molar-refractivity contribution < 1.29 is 5.48 Å². The van der Waals surface area contributed by atoms with Crippen LogP contribution < -0.4 is 0 Å². The zero-order valence-electron chi connectivity index (χ0n) is 16.9. The van der Waals surface area contributed by atoms with E-state index in [4.69, 9.17) is 0 Å². The fourth-order valence-electron chi connectivity index (χ4n) is 3.48. The van der Waals surface area contributed by atoms with Crippen molar-refractivity contribution in [3.63, 3.8) is 0 Å². The molecule has 0 spiro atoms. The normalized spacial score (nSPS) is 11.9. The number of rotatable bonds is 16. The van der Waals surface area contributed by atoms with Crippen molar-refractivity contribution in [2.45, 2.75) is 104 Å². The quantitative estimate of drug-likeness (QED) is 0.186. The summed E-state index contributed by atoms with van der Waals surface area (Å²) in [6.45, 7) is 4.65. The van der Waals surface area contributed by atoms with E-state index < -0.39 is 20.2 Å². The molecule has 1 aromatic carbocycles. The first kappa shape index (κ1) is 25.0. The van der Waals surface area contributed by atoms with E-state index >= 15 is 0 Å². The molecule has 0 aliphatic rings. The number of hydrogen-bond donors (Lipinski definition) is 0. The van der Waals surface area contributed by atoms with Crippen LogP contribution in [0.15, 0.2) is 30.3 Å². The Bertz CT molecular complexity index is 366. The Kier molecular flexibility index (Phi) is 18.8. The summed E-state index contributed by atoms with van der Waals surface area (Å²) >= 11 is -1.16. The van der Waals surface area contributed by atoms with Gasteiger partial charge in [0.25, 0.3) is 0 Å². The smallest absolute Gasteiger partial charge is 0.870 e. The molecule has 25 heavy (non-hydrogen) atoms. The average Bonchev–Trinajstić information content (AvgIpc) is 2.62. The Balaban J connectivity index is 0.00000576. The van der Waals surface area contributed by atoms with Crippen molar-refractivity contribution in [2.75, 3.05) is 0 Å². The third kappa shape index (κ3) is 14.8. The summed E-state index contributed by atoms with van der Waals surface area (Å²) in [5.41, 5.74) is 1.62. The van der Waals surface area contributed by atoms with Gasteiger partial charge in [-0.1, -0.05) is 0 Å². The van der Waals surface area contributed by atoms with Crippen LogP contribution in [0.25, 0.3) is 0 Å². The number of benzene rings is 1. The Hall–Kier alpha value is -0.00182. The second kappa shape index (κ2) is 18.8. The zero-order chi connectivity index (χ0) is 17.3. The van der Waals surface area contributed by atoms with Crippen LogP contribution in [0.2, 0.25) is 8.73 Å². The molecule has 0 aromatic heterocycles. The van der Waals surface area contributed by atoms with Crippen molar-refractivity contribution in [1.82, 2.24) is 0 Å². The van der Waals surface area contributed by atoms with Crippen LogP contribution in [0.5, 0.6) is 0 Å². The largest absolute Gasteiger partial charge is 0.870 e. The summed E-state index contributed by atoms with van der Waals surface area (Å²) in [4.78, 5) is 0. The molecule has 0 saturated carbocycles. The summed E-state index contributed by atoms with van der Waals surface area (Å²) in [6, 6.07) is 11.3. The minimum Gasteiger partial charge on any atom is -0.870 e. The number of hydrogen-bond acceptors (Lipinski definition) is 1. The molecular formula is C23H43OSb. The summed E-state index contributed by atoms with van der Waals surface area (Å²) < 4.78 is 4.74. The maximum absolute atomic E-state index is 2.35. The molecule has 0 heterocycles. The maximum atomic E-state index is 2.35. The Morgan fingerprint density at radius 2 is 1.08 bits per heavy atom. The van der Waals surface area contributed by atoms with Crippen molar-refractivity contribution in [3.05, 3.63) is 35.9 Å². The van der Waals surface area contributed by atoms with Gasteiger partial charge in [0.15, 0.2) is 0 Å². The predicted molar refractivity (Wildman–Crippen MR) is 116 cm³/mol. The molecule has 1 unspecified atom stereocenters. The summed E-state index contributed by atoms with van der Waals surface area (Å²) in [5.74, 6) is 0. The predicted octanol–water partition coefficient (Wildman–Crippen LogP) is 7.54. The van der Waals surface area contributed by atoms with Gasteiger partial charge in [0.2, 0.25) is 0 Å². The first-order chi connectivity index (χ1) is 11.9. The van der Waals surface area contributed by atoms with E-state index in [2.05, 4.69) is 44.2 Å². The van der Waals surface area contributed by atoms with Crippen LogP contribution in [-0.4, -0.2) is 25.7 Å². The van der Waals surface area contributed by atoms with Crippen molar-refractivity contribution in [2.24, 2.45) is 0 Å². The average molecular weight is 457 g/mol. The fraction of sp³-hybridized carbons (Fsp3) is 0.739. The molecule has 0 radical (unpaired) electrons. The Labute approximate surface area is 165 Å². The Morgan fingerprint density at radius 1 is 0.600 bits per heavy atom. The molecule has 1 nitrogen and oxygen atoms in total. The van der Waals surface area contributed by atoms with E-state index in [-0.39, 0.29) is 5.48 Å². The van der Waals surface area contributed by atoms with Crippen molar-refractivity contribution in [1.29, 1.82) is 0 Å². The standard InChI is InChI=1S/C12H25.C7H7.C4H9.H2O.Sb.H/c1-3-5-7-9-11-12-10-8-6-4-2;1-7-5-3-2-4-6-7;1-3-4-2;;;/h1,3-12H2,2H3;2-6H,1H2;1,3-4H2,2H3;1H2;;/q;;;;+1;/p-1. The zero-order valence-corrected chi connectivity index (χ0v) is 19.8. The topological polar surface area (TPSA) is 30.0 Å². The summed E-state index contributed by atoms with van der Waals surface area (Å²) in [7, 11) is 0. The van der Waals surface area contributed by atoms with Gasteiger partial charge < -0.3 is 5.48 Å². The molecule has 0 fully saturated rings. The Morgan fingerprint density at radius 3 is 1.64 bits per heavy atom. The first-order valence-corrected chi connectivity index (χ1v) is 16.8. The molecule has 1 atom stereocenters. The summed E-state index contributed by atoms with van der Waals surface area (Å²) in [5, 5.41) is 0. The van der Waals surface area contributed by atoms with Crippen molar-refractivity contribution >= 4 is 20.2 Å². The molecule has 0 aliphatic heterocycles. The van der Waals surface area contributed by atoms with E-state index in [9.17, 15) is 0 Å². The van der Waals surface area contributed by atoms with Crippen LogP contribution in [0, 0.1) is 0 Å². The molecular weight excluding hydrogens is 414 g/mol. The molecule has 0 aliphatic carbocycles. The van der Waals surface area contributed by atoms with Crippen LogP contribution in [0.4, 0.5) is 0 Å². The van der Waals surface area contributed by atoms with Gasteiger partial charge in [-0.25, -0.2) is 0 Å². The third-order valence-corrected chi connectivity index (χ3v) is 13.7. The van der Waals surface area contributed by atoms with Gasteiger partial charge >= 0.3 is 160 Å². The number of unbranched alkanes of at least 4 members (excludes halogenated alkanes) is 10. The van der Waals surface area contributed by atoms with Crippen LogP contribution in [0.1, 0.15) is 96.5 Å². The SMILES string of the molecule is CCCCCCCCCCC[CH2][SbH+]([CH2]CCC)[CH2]c1ccccc1.[OH-].